The van der Waals surface area contributed by atoms with Crippen molar-refractivity contribution in [2.24, 2.45) is 0 Å². The summed E-state index contributed by atoms with van der Waals surface area (Å²) in [4.78, 5) is 12.0. The molecule has 4 aromatic rings. The predicted octanol–water partition coefficient (Wildman–Crippen LogP) is 4.88. The summed E-state index contributed by atoms with van der Waals surface area (Å²) in [6.45, 7) is 0.238. The Morgan fingerprint density at radius 3 is 2.50 bits per heavy atom. The van der Waals surface area contributed by atoms with E-state index in [-0.39, 0.29) is 6.79 Å². The molecule has 0 aliphatic carbocycles. The van der Waals surface area contributed by atoms with E-state index in [0.29, 0.717) is 17.2 Å². The molecule has 0 unspecified atom stereocenters. The van der Waals surface area contributed by atoms with Crippen molar-refractivity contribution in [3.05, 3.63) is 42.7 Å². The highest BCUT2D eigenvalue weighted by atomic mass is 32.1. The fraction of sp³-hybridized carbons (Fsp3) is 0.217. The quantitative estimate of drug-likeness (QED) is 0.411. The van der Waals surface area contributed by atoms with Gasteiger partial charge in [0.1, 0.15) is 6.33 Å². The van der Waals surface area contributed by atoms with E-state index in [0.717, 1.165) is 43.7 Å². The van der Waals surface area contributed by atoms with Crippen LogP contribution >= 0.6 is 11.3 Å². The van der Waals surface area contributed by atoms with Gasteiger partial charge in [0.15, 0.2) is 28.8 Å². The Kier molecular flexibility index (Phi) is 5.10. The molecule has 0 radical (unpaired) electrons. The van der Waals surface area contributed by atoms with Crippen LogP contribution in [0.25, 0.3) is 20.7 Å². The van der Waals surface area contributed by atoms with Crippen LogP contribution in [0, 0.1) is 0 Å². The molecule has 1 aliphatic rings. The first kappa shape index (κ1) is 20.2. The smallest absolute Gasteiger partial charge is 0.231 e. The van der Waals surface area contributed by atoms with E-state index in [9.17, 15) is 0 Å². The van der Waals surface area contributed by atoms with E-state index in [2.05, 4.69) is 9.97 Å². The Morgan fingerprint density at radius 2 is 1.72 bits per heavy atom. The molecule has 0 atom stereocenters. The van der Waals surface area contributed by atoms with Crippen LogP contribution in [0.15, 0.2) is 42.7 Å². The predicted molar refractivity (Wildman–Crippen MR) is 123 cm³/mol. The monoisotopic (exact) mass is 451 g/mol. The summed E-state index contributed by atoms with van der Waals surface area (Å²) in [6, 6.07) is 11.7. The molecule has 164 valence electrons. The van der Waals surface area contributed by atoms with Crippen molar-refractivity contribution < 1.29 is 23.7 Å². The molecule has 2 aromatic heterocycles. The number of nitrogens with zero attached hydrogens (tertiary/aromatic N) is 3. The average molecular weight is 452 g/mol. The minimum absolute atomic E-state index is 0.238. The van der Waals surface area contributed by atoms with E-state index in [1.54, 1.807) is 39.0 Å². The zero-order valence-corrected chi connectivity index (χ0v) is 18.9. The number of rotatable bonds is 6. The molecular weight excluding hydrogens is 430 g/mol. The lowest BCUT2D eigenvalue weighted by atomic mass is 10.1. The highest BCUT2D eigenvalue weighted by molar-refractivity contribution is 7.22. The molecule has 0 spiro atoms. The van der Waals surface area contributed by atoms with E-state index in [4.69, 9.17) is 23.7 Å². The van der Waals surface area contributed by atoms with Crippen LogP contribution in [0.2, 0.25) is 0 Å². The Balaban J connectivity index is 1.60. The van der Waals surface area contributed by atoms with Gasteiger partial charge in [-0.15, -0.1) is 11.3 Å². The van der Waals surface area contributed by atoms with Gasteiger partial charge in [0.05, 0.1) is 31.5 Å². The van der Waals surface area contributed by atoms with Gasteiger partial charge in [0, 0.05) is 29.2 Å². The van der Waals surface area contributed by atoms with Crippen molar-refractivity contribution >= 4 is 33.1 Å². The molecular formula is C23H21N3O5S. The van der Waals surface area contributed by atoms with Gasteiger partial charge in [-0.25, -0.2) is 9.97 Å². The number of benzene rings is 2. The van der Waals surface area contributed by atoms with Gasteiger partial charge in [0.2, 0.25) is 12.5 Å². The Labute approximate surface area is 188 Å². The normalized spacial score (nSPS) is 12.1. The fourth-order valence-electron chi connectivity index (χ4n) is 3.73. The van der Waals surface area contributed by atoms with Crippen LogP contribution in [0.1, 0.15) is 0 Å². The SMILES string of the molecule is COc1ccc(-c2cc3ncnc(N(C)c4ccc5c(c4)OCO5)c3s2)c(OC)c1OC. The molecule has 8 nitrogen and oxygen atoms in total. The first-order valence-electron chi connectivity index (χ1n) is 9.82. The minimum Gasteiger partial charge on any atom is -0.493 e. The third-order valence-corrected chi connectivity index (χ3v) is 6.48. The number of thiophene rings is 1. The maximum Gasteiger partial charge on any atom is 0.231 e. The van der Waals surface area contributed by atoms with E-state index in [1.807, 2.05) is 48.3 Å². The zero-order valence-electron chi connectivity index (χ0n) is 18.0. The fourth-order valence-corrected chi connectivity index (χ4v) is 4.88. The lowest BCUT2D eigenvalue weighted by Gasteiger charge is -2.19. The molecule has 9 heteroatoms. The number of hydrogen-bond acceptors (Lipinski definition) is 9. The van der Waals surface area contributed by atoms with Gasteiger partial charge in [-0.3, -0.25) is 0 Å². The number of aromatic nitrogens is 2. The van der Waals surface area contributed by atoms with E-state index >= 15 is 0 Å². The summed E-state index contributed by atoms with van der Waals surface area (Å²) in [7, 11) is 6.78. The molecule has 32 heavy (non-hydrogen) atoms. The van der Waals surface area contributed by atoms with Crippen LogP contribution in [0.4, 0.5) is 11.5 Å². The number of ether oxygens (including phenoxy) is 5. The summed E-state index contributed by atoms with van der Waals surface area (Å²) in [5.74, 6) is 4.03. The van der Waals surface area contributed by atoms with Crippen LogP contribution in [0.3, 0.4) is 0 Å². The van der Waals surface area contributed by atoms with Gasteiger partial charge in [-0.2, -0.15) is 0 Å². The molecule has 1 aliphatic heterocycles. The number of methoxy groups -OCH3 is 3. The second kappa shape index (κ2) is 8.08. The van der Waals surface area contributed by atoms with E-state index in [1.165, 1.54) is 0 Å². The zero-order chi connectivity index (χ0) is 22.2. The minimum atomic E-state index is 0.238. The van der Waals surface area contributed by atoms with Crippen molar-refractivity contribution in [2.75, 3.05) is 40.1 Å². The van der Waals surface area contributed by atoms with Gasteiger partial charge >= 0.3 is 0 Å². The Bertz CT molecular complexity index is 1310. The van der Waals surface area contributed by atoms with Crippen LogP contribution in [-0.2, 0) is 0 Å². The molecule has 0 bridgehead atoms. The number of fused-ring (bicyclic) bond motifs is 2. The molecule has 2 aromatic carbocycles. The number of anilines is 2. The second-order valence-electron chi connectivity index (χ2n) is 7.00. The molecule has 3 heterocycles. The summed E-state index contributed by atoms with van der Waals surface area (Å²) < 4.78 is 28.5. The first-order valence-corrected chi connectivity index (χ1v) is 10.6. The van der Waals surface area contributed by atoms with Crippen molar-refractivity contribution in [3.63, 3.8) is 0 Å². The number of hydrogen-bond donors (Lipinski definition) is 0. The lowest BCUT2D eigenvalue weighted by Crippen LogP contribution is -2.11. The molecule has 0 fully saturated rings. The maximum absolute atomic E-state index is 5.68. The topological polar surface area (TPSA) is 75.2 Å². The third-order valence-electron chi connectivity index (χ3n) is 5.32. The lowest BCUT2D eigenvalue weighted by molar-refractivity contribution is 0.174. The largest absolute Gasteiger partial charge is 0.493 e. The molecule has 0 amide bonds. The third kappa shape index (κ3) is 3.21. The Morgan fingerprint density at radius 1 is 0.906 bits per heavy atom. The second-order valence-corrected chi connectivity index (χ2v) is 8.05. The highest BCUT2D eigenvalue weighted by Gasteiger charge is 2.22. The van der Waals surface area contributed by atoms with Crippen LogP contribution in [-0.4, -0.2) is 45.1 Å². The maximum atomic E-state index is 5.68. The highest BCUT2D eigenvalue weighted by Crippen LogP contribution is 2.48. The van der Waals surface area contributed by atoms with Crippen molar-refractivity contribution in [3.8, 4) is 39.2 Å². The van der Waals surface area contributed by atoms with Crippen molar-refractivity contribution in [2.45, 2.75) is 0 Å². The molecule has 0 saturated heterocycles. The summed E-state index contributed by atoms with van der Waals surface area (Å²) >= 11 is 1.59. The summed E-state index contributed by atoms with van der Waals surface area (Å²) in [5, 5.41) is 0. The molecule has 5 rings (SSSR count). The Hall–Kier alpha value is -3.72. The van der Waals surface area contributed by atoms with Crippen molar-refractivity contribution in [1.29, 1.82) is 0 Å². The molecule has 0 N–H and O–H groups in total. The standard InChI is InChI=1S/C23H21N3O5S/c1-26(13-5-7-16-18(9-13)31-12-30-16)23-22-15(24-11-25-23)10-19(32-22)14-6-8-17(27-2)21(29-4)20(14)28-3/h5-11H,12H2,1-4H3. The van der Waals surface area contributed by atoms with Crippen LogP contribution < -0.4 is 28.6 Å². The summed E-state index contributed by atoms with van der Waals surface area (Å²) in [5.41, 5.74) is 2.68. The van der Waals surface area contributed by atoms with Crippen molar-refractivity contribution in [1.82, 2.24) is 9.97 Å². The first-order chi connectivity index (χ1) is 15.6. The van der Waals surface area contributed by atoms with Gasteiger partial charge in [0.25, 0.3) is 0 Å². The van der Waals surface area contributed by atoms with E-state index < -0.39 is 0 Å². The molecule has 0 saturated carbocycles. The van der Waals surface area contributed by atoms with Gasteiger partial charge in [-0.05, 0) is 30.3 Å². The average Bonchev–Trinajstić information content (AvgIpc) is 3.48. The summed E-state index contributed by atoms with van der Waals surface area (Å²) in [6.07, 6.45) is 1.57. The van der Waals surface area contributed by atoms with Gasteiger partial charge < -0.3 is 28.6 Å². The van der Waals surface area contributed by atoms with Gasteiger partial charge in [-0.1, -0.05) is 0 Å². The van der Waals surface area contributed by atoms with Crippen LogP contribution in [0.5, 0.6) is 28.7 Å².